The maximum atomic E-state index is 10.4. The van der Waals surface area contributed by atoms with Gasteiger partial charge in [-0.25, -0.2) is 0 Å². The minimum absolute atomic E-state index is 0.0363. The van der Waals surface area contributed by atoms with E-state index >= 15 is 0 Å². The van der Waals surface area contributed by atoms with Crippen LogP contribution < -0.4 is 0 Å². The molecule has 3 nitrogen and oxygen atoms in total. The number of aliphatic hydroxyl groups excluding tert-OH is 2. The van der Waals surface area contributed by atoms with Crippen LogP contribution in [0.4, 0.5) is 0 Å². The van der Waals surface area contributed by atoms with Crippen molar-refractivity contribution in [3.05, 3.63) is 29.3 Å². The van der Waals surface area contributed by atoms with Gasteiger partial charge in [0.15, 0.2) is 0 Å². The molecule has 0 amide bonds. The molecule has 21 heavy (non-hydrogen) atoms. The molecule has 6 atom stereocenters. The largest absolute Gasteiger partial charge is 0.508 e. The zero-order valence-electron chi connectivity index (χ0n) is 14.3. The van der Waals surface area contributed by atoms with Crippen molar-refractivity contribution in [1.29, 1.82) is 0 Å². The highest BCUT2D eigenvalue weighted by atomic mass is 16.3. The van der Waals surface area contributed by atoms with Crippen molar-refractivity contribution in [2.24, 2.45) is 17.3 Å². The molecule has 4 rings (SSSR count). The van der Waals surface area contributed by atoms with E-state index < -0.39 is 12.2 Å². The van der Waals surface area contributed by atoms with Crippen molar-refractivity contribution in [2.45, 2.75) is 57.2 Å². The zero-order chi connectivity index (χ0) is 16.5. The highest BCUT2D eigenvalue weighted by Gasteiger charge is 2.57. The van der Waals surface area contributed by atoms with E-state index in [-0.39, 0.29) is 35.1 Å². The molecular weight excluding hydrogens is 264 g/mol. The van der Waals surface area contributed by atoms with Crippen molar-refractivity contribution in [2.75, 3.05) is 0 Å². The van der Waals surface area contributed by atoms with Gasteiger partial charge < -0.3 is 15.3 Å². The highest BCUT2D eigenvalue weighted by Crippen LogP contribution is 2.60. The summed E-state index contributed by atoms with van der Waals surface area (Å²) in [6.07, 6.45) is 2.81. The van der Waals surface area contributed by atoms with Crippen molar-refractivity contribution in [3.8, 4) is 5.75 Å². The zero-order valence-corrected chi connectivity index (χ0v) is 12.3. The topological polar surface area (TPSA) is 60.7 Å². The second-order valence-corrected chi connectivity index (χ2v) is 7.40. The summed E-state index contributed by atoms with van der Waals surface area (Å²) in [6, 6.07) is 1.89. The minimum atomic E-state index is -0.645. The molecule has 2 saturated carbocycles. The fourth-order valence-corrected chi connectivity index (χ4v) is 5.40. The van der Waals surface area contributed by atoms with Gasteiger partial charge in [0.2, 0.25) is 0 Å². The Kier molecular flexibility index (Phi) is 2.45. The first-order chi connectivity index (χ1) is 10.8. The van der Waals surface area contributed by atoms with Gasteiger partial charge in [0.05, 0.1) is 14.9 Å². The molecular formula is C18H24O3. The normalized spacial score (nSPS) is 46.1. The van der Waals surface area contributed by atoms with E-state index in [1.54, 1.807) is 6.07 Å². The molecule has 0 radical (unpaired) electrons. The molecule has 0 spiro atoms. The van der Waals surface area contributed by atoms with Crippen molar-refractivity contribution in [1.82, 2.24) is 0 Å². The first-order valence-corrected chi connectivity index (χ1v) is 8.02. The Morgan fingerprint density at radius 3 is 2.95 bits per heavy atom. The van der Waals surface area contributed by atoms with Crippen LogP contribution in [-0.2, 0) is 6.42 Å². The molecule has 3 N–H and O–H groups in total. The molecule has 1 aromatic carbocycles. The SMILES string of the molecule is [2H]c1cc2c(c([2H])c1O)CCC1C2CC[C@]2(C)C(O)C(O)CC12. The summed E-state index contributed by atoms with van der Waals surface area (Å²) in [5, 5.41) is 30.5. The van der Waals surface area contributed by atoms with Crippen LogP contribution in [0.5, 0.6) is 5.75 Å². The summed E-state index contributed by atoms with van der Waals surface area (Å²) in [5.74, 6) is 0.741. The number of rotatable bonds is 0. The fourth-order valence-electron chi connectivity index (χ4n) is 5.40. The minimum Gasteiger partial charge on any atom is -0.508 e. The molecule has 1 aromatic rings. The van der Waals surface area contributed by atoms with Gasteiger partial charge in [0, 0.05) is 0 Å². The fraction of sp³-hybridized carbons (Fsp3) is 0.667. The van der Waals surface area contributed by atoms with Gasteiger partial charge in [0.25, 0.3) is 0 Å². The molecule has 114 valence electrons. The number of hydrogen-bond donors (Lipinski definition) is 3. The molecule has 3 aliphatic rings. The number of aromatic hydroxyl groups is 1. The van der Waals surface area contributed by atoms with Crippen LogP contribution in [0, 0.1) is 17.3 Å². The van der Waals surface area contributed by atoms with Gasteiger partial charge in [-0.3, -0.25) is 0 Å². The van der Waals surface area contributed by atoms with Gasteiger partial charge in [-0.2, -0.15) is 0 Å². The first-order valence-electron chi connectivity index (χ1n) is 9.02. The smallest absolute Gasteiger partial charge is 0.115 e. The Labute approximate surface area is 128 Å². The summed E-state index contributed by atoms with van der Waals surface area (Å²) in [4.78, 5) is 0. The van der Waals surface area contributed by atoms with E-state index in [0.29, 0.717) is 12.3 Å². The highest BCUT2D eigenvalue weighted by molar-refractivity contribution is 5.40. The second kappa shape index (κ2) is 4.47. The maximum absolute atomic E-state index is 10.4. The lowest BCUT2D eigenvalue weighted by molar-refractivity contribution is -0.0505. The number of phenols is 1. The number of hydrogen-bond acceptors (Lipinski definition) is 3. The molecule has 3 heteroatoms. The monoisotopic (exact) mass is 290 g/mol. The van der Waals surface area contributed by atoms with Crippen LogP contribution >= 0.6 is 0 Å². The van der Waals surface area contributed by atoms with Crippen LogP contribution in [-0.4, -0.2) is 27.5 Å². The Balaban J connectivity index is 1.76. The molecule has 3 aliphatic carbocycles. The van der Waals surface area contributed by atoms with Crippen LogP contribution in [0.25, 0.3) is 0 Å². The van der Waals surface area contributed by atoms with E-state index in [9.17, 15) is 15.3 Å². The molecule has 2 fully saturated rings. The van der Waals surface area contributed by atoms with E-state index in [2.05, 4.69) is 6.92 Å². The summed E-state index contributed by atoms with van der Waals surface area (Å²) >= 11 is 0. The molecule has 5 unspecified atom stereocenters. The van der Waals surface area contributed by atoms with Crippen LogP contribution in [0.15, 0.2) is 18.2 Å². The average Bonchev–Trinajstić information content (AvgIpc) is 2.76. The maximum Gasteiger partial charge on any atom is 0.115 e. The van der Waals surface area contributed by atoms with Gasteiger partial charge in [-0.05, 0) is 78.5 Å². The summed E-state index contributed by atoms with van der Waals surface area (Å²) in [5.41, 5.74) is 1.72. The quantitative estimate of drug-likeness (QED) is 0.688. The molecule has 0 bridgehead atoms. The summed E-state index contributed by atoms with van der Waals surface area (Å²) < 4.78 is 16.0. The summed E-state index contributed by atoms with van der Waals surface area (Å²) in [7, 11) is 0. The third-order valence-electron chi connectivity index (χ3n) is 6.52. The predicted molar refractivity (Wildman–Crippen MR) is 80.1 cm³/mol. The third kappa shape index (κ3) is 1.80. The average molecular weight is 290 g/mol. The molecule has 0 aliphatic heterocycles. The number of aliphatic hydroxyl groups is 2. The van der Waals surface area contributed by atoms with Gasteiger partial charge in [0.1, 0.15) is 5.75 Å². The first kappa shape index (κ1) is 11.5. The Morgan fingerprint density at radius 2 is 2.14 bits per heavy atom. The van der Waals surface area contributed by atoms with E-state index in [4.69, 9.17) is 2.74 Å². The third-order valence-corrected chi connectivity index (χ3v) is 6.52. The van der Waals surface area contributed by atoms with Gasteiger partial charge in [-0.15, -0.1) is 0 Å². The number of fused-ring (bicyclic) bond motifs is 5. The Morgan fingerprint density at radius 1 is 1.33 bits per heavy atom. The van der Waals surface area contributed by atoms with Crippen molar-refractivity contribution >= 4 is 0 Å². The van der Waals surface area contributed by atoms with Crippen molar-refractivity contribution < 1.29 is 18.1 Å². The lowest BCUT2D eigenvalue weighted by Gasteiger charge is -2.49. The second-order valence-electron chi connectivity index (χ2n) is 7.40. The lowest BCUT2D eigenvalue weighted by Crippen LogP contribution is -2.44. The van der Waals surface area contributed by atoms with Gasteiger partial charge >= 0.3 is 0 Å². The molecule has 0 saturated heterocycles. The molecule has 0 aromatic heterocycles. The summed E-state index contributed by atoms with van der Waals surface area (Å²) in [6.45, 7) is 2.10. The lowest BCUT2D eigenvalue weighted by atomic mass is 9.55. The molecule has 0 heterocycles. The number of phenolic OH excluding ortho intramolecular Hbond substituents is 1. The van der Waals surface area contributed by atoms with E-state index in [1.807, 2.05) is 0 Å². The Hall–Kier alpha value is -1.06. The standard InChI is InChI=1S/C18H24O3/c1-18-7-6-13-12-5-3-11(19)8-10(12)2-4-14(13)15(18)9-16(20)17(18)21/h3,5,8,13-17,19-21H,2,4,6-7,9H2,1H3/t13?,14?,15?,16?,17?,18-/m0/s1/i3D,8D. The Bertz CT molecular complexity index is 662. The van der Waals surface area contributed by atoms with E-state index in [1.165, 1.54) is 0 Å². The van der Waals surface area contributed by atoms with Crippen LogP contribution in [0.2, 0.25) is 0 Å². The van der Waals surface area contributed by atoms with Crippen LogP contribution in [0.1, 0.15) is 52.4 Å². The van der Waals surface area contributed by atoms with E-state index in [0.717, 1.165) is 36.8 Å². The van der Waals surface area contributed by atoms with Crippen molar-refractivity contribution in [3.63, 3.8) is 0 Å². The predicted octanol–water partition coefficient (Wildman–Crippen LogP) is 2.58. The van der Waals surface area contributed by atoms with Crippen LogP contribution in [0.3, 0.4) is 0 Å². The van der Waals surface area contributed by atoms with Gasteiger partial charge in [-0.1, -0.05) is 13.0 Å². The number of benzene rings is 1.